The third-order valence-corrected chi connectivity index (χ3v) is 4.78. The molecule has 1 aromatic heterocycles. The summed E-state index contributed by atoms with van der Waals surface area (Å²) >= 11 is 0. The predicted molar refractivity (Wildman–Crippen MR) is 111 cm³/mol. The van der Waals surface area contributed by atoms with Crippen LogP contribution in [0.1, 0.15) is 49.8 Å². The van der Waals surface area contributed by atoms with Gasteiger partial charge in [0, 0.05) is 36.2 Å². The predicted octanol–water partition coefficient (Wildman–Crippen LogP) is 4.09. The average Bonchev–Trinajstić information content (AvgIpc) is 2.62. The fraction of sp³-hybridized carbons (Fsp3) is 0.476. The van der Waals surface area contributed by atoms with Gasteiger partial charge in [-0.05, 0) is 69.9 Å². The minimum absolute atomic E-state index is 0.202. The molecule has 0 aliphatic carbocycles. The number of carbonyl (C=O) groups is 1. The van der Waals surface area contributed by atoms with Crippen LogP contribution in [0.4, 0.5) is 17.3 Å². The number of anilines is 3. The number of carbonyl (C=O) groups excluding carboxylic acids is 1. The zero-order valence-electron chi connectivity index (χ0n) is 16.6. The summed E-state index contributed by atoms with van der Waals surface area (Å²) in [6, 6.07) is 9.95. The van der Waals surface area contributed by atoms with E-state index in [9.17, 15) is 4.79 Å². The van der Waals surface area contributed by atoms with Crippen molar-refractivity contribution in [2.75, 3.05) is 28.6 Å². The van der Waals surface area contributed by atoms with Crippen molar-refractivity contribution in [3.8, 4) is 0 Å². The quantitative estimate of drug-likeness (QED) is 0.833. The highest BCUT2D eigenvalue weighted by Gasteiger charge is 2.16. The first kappa shape index (κ1) is 19.1. The molecule has 6 heteroatoms. The molecule has 0 unspecified atom stereocenters. The van der Waals surface area contributed by atoms with E-state index in [0.29, 0.717) is 11.6 Å². The van der Waals surface area contributed by atoms with E-state index in [4.69, 9.17) is 0 Å². The van der Waals surface area contributed by atoms with E-state index >= 15 is 0 Å². The molecule has 0 saturated carbocycles. The van der Waals surface area contributed by atoms with E-state index in [1.165, 1.54) is 18.5 Å². The normalized spacial score (nSPS) is 15.1. The van der Waals surface area contributed by atoms with Crippen LogP contribution in [0.3, 0.4) is 0 Å². The summed E-state index contributed by atoms with van der Waals surface area (Å²) in [6.45, 7) is 10.4. The molecule has 0 radical (unpaired) electrons. The van der Waals surface area contributed by atoms with Crippen LogP contribution in [-0.4, -0.2) is 35.0 Å². The lowest BCUT2D eigenvalue weighted by atomic mass is 9.99. The molecule has 1 aliphatic heterocycles. The molecule has 2 heterocycles. The first-order valence-electron chi connectivity index (χ1n) is 9.69. The van der Waals surface area contributed by atoms with Crippen LogP contribution in [0.25, 0.3) is 0 Å². The number of rotatable bonds is 5. The average molecular weight is 367 g/mol. The molecule has 1 saturated heterocycles. The number of hydrogen-bond acceptors (Lipinski definition) is 5. The Balaban J connectivity index is 1.66. The molecule has 1 aliphatic rings. The van der Waals surface area contributed by atoms with Crippen molar-refractivity contribution in [3.05, 3.63) is 41.7 Å². The van der Waals surface area contributed by atoms with Crippen LogP contribution in [-0.2, 0) is 0 Å². The second kappa shape index (κ2) is 8.37. The second-order valence-corrected chi connectivity index (χ2v) is 7.69. The van der Waals surface area contributed by atoms with Gasteiger partial charge in [0.1, 0.15) is 5.69 Å². The van der Waals surface area contributed by atoms with Crippen LogP contribution in [0.15, 0.2) is 30.3 Å². The zero-order chi connectivity index (χ0) is 19.4. The largest absolute Gasteiger partial charge is 0.372 e. The number of nitrogens with zero attached hydrogens (tertiary/aromatic N) is 3. The standard InChI is InChI=1S/C21H29N5O/c1-14(2)22-21-23-16(4)13-19(25-21)20(27)24-17-5-7-18(8-6-17)26-11-9-15(3)10-12-26/h5-8,13-15H,9-12H2,1-4H3,(H,24,27)(H,22,23,25). The van der Waals surface area contributed by atoms with E-state index in [1.54, 1.807) is 6.07 Å². The van der Waals surface area contributed by atoms with Crippen molar-refractivity contribution < 1.29 is 4.79 Å². The Labute approximate surface area is 161 Å². The van der Waals surface area contributed by atoms with Gasteiger partial charge in [0.25, 0.3) is 5.91 Å². The highest BCUT2D eigenvalue weighted by atomic mass is 16.1. The molecular formula is C21H29N5O. The third kappa shape index (κ3) is 5.18. The van der Waals surface area contributed by atoms with Gasteiger partial charge in [0.05, 0.1) is 0 Å². The first-order chi connectivity index (χ1) is 12.9. The Kier molecular flexibility index (Phi) is 5.94. The van der Waals surface area contributed by atoms with Gasteiger partial charge in [0.2, 0.25) is 5.95 Å². The summed E-state index contributed by atoms with van der Waals surface area (Å²) < 4.78 is 0. The van der Waals surface area contributed by atoms with Gasteiger partial charge in [0.15, 0.2) is 0 Å². The molecule has 1 aromatic carbocycles. The number of aromatic nitrogens is 2. The summed E-state index contributed by atoms with van der Waals surface area (Å²) in [5.74, 6) is 1.06. The highest BCUT2D eigenvalue weighted by Crippen LogP contribution is 2.24. The van der Waals surface area contributed by atoms with Gasteiger partial charge in [-0.15, -0.1) is 0 Å². The van der Waals surface area contributed by atoms with Crippen LogP contribution in [0, 0.1) is 12.8 Å². The molecule has 2 aromatic rings. The number of piperidine rings is 1. The van der Waals surface area contributed by atoms with Gasteiger partial charge in [-0.2, -0.15) is 0 Å². The van der Waals surface area contributed by atoms with Crippen LogP contribution in [0.2, 0.25) is 0 Å². The molecule has 27 heavy (non-hydrogen) atoms. The molecule has 3 rings (SSSR count). The van der Waals surface area contributed by atoms with Crippen molar-refractivity contribution in [1.29, 1.82) is 0 Å². The maximum absolute atomic E-state index is 12.6. The fourth-order valence-corrected chi connectivity index (χ4v) is 3.23. The fourth-order valence-electron chi connectivity index (χ4n) is 3.23. The molecule has 144 valence electrons. The molecule has 1 amide bonds. The molecule has 2 N–H and O–H groups in total. The minimum atomic E-state index is -0.230. The van der Waals surface area contributed by atoms with E-state index in [1.807, 2.05) is 32.9 Å². The van der Waals surface area contributed by atoms with Gasteiger partial charge >= 0.3 is 0 Å². The van der Waals surface area contributed by atoms with Gasteiger partial charge in [-0.3, -0.25) is 4.79 Å². The van der Waals surface area contributed by atoms with Crippen molar-refractivity contribution >= 4 is 23.2 Å². The Morgan fingerprint density at radius 3 is 2.44 bits per heavy atom. The van der Waals surface area contributed by atoms with Gasteiger partial charge in [-0.1, -0.05) is 6.92 Å². The van der Waals surface area contributed by atoms with E-state index in [0.717, 1.165) is 30.4 Å². The zero-order valence-corrected chi connectivity index (χ0v) is 16.6. The smallest absolute Gasteiger partial charge is 0.274 e. The molecule has 0 bridgehead atoms. The molecule has 6 nitrogen and oxygen atoms in total. The maximum atomic E-state index is 12.6. The monoisotopic (exact) mass is 367 g/mol. The highest BCUT2D eigenvalue weighted by molar-refractivity contribution is 6.03. The Bertz CT molecular complexity index is 780. The van der Waals surface area contributed by atoms with Crippen molar-refractivity contribution in [1.82, 2.24) is 9.97 Å². The molecule has 0 spiro atoms. The lowest BCUT2D eigenvalue weighted by Crippen LogP contribution is -2.32. The number of amides is 1. The summed E-state index contributed by atoms with van der Waals surface area (Å²) in [5.41, 5.74) is 3.10. The lowest BCUT2D eigenvalue weighted by molar-refractivity contribution is 0.102. The maximum Gasteiger partial charge on any atom is 0.274 e. The molecular weight excluding hydrogens is 338 g/mol. The number of nitrogens with one attached hydrogen (secondary N) is 2. The Hall–Kier alpha value is -2.63. The Morgan fingerprint density at radius 2 is 1.81 bits per heavy atom. The van der Waals surface area contributed by atoms with Crippen LogP contribution in [0.5, 0.6) is 0 Å². The SMILES string of the molecule is Cc1cc(C(=O)Nc2ccc(N3CCC(C)CC3)cc2)nc(NC(C)C)n1. The first-order valence-corrected chi connectivity index (χ1v) is 9.69. The summed E-state index contributed by atoms with van der Waals surface area (Å²) in [5, 5.41) is 6.07. The summed E-state index contributed by atoms with van der Waals surface area (Å²) in [7, 11) is 0. The van der Waals surface area contributed by atoms with Crippen LogP contribution < -0.4 is 15.5 Å². The Morgan fingerprint density at radius 1 is 1.15 bits per heavy atom. The number of hydrogen-bond donors (Lipinski definition) is 2. The van der Waals surface area contributed by atoms with Gasteiger partial charge < -0.3 is 15.5 Å². The lowest BCUT2D eigenvalue weighted by Gasteiger charge is -2.32. The third-order valence-electron chi connectivity index (χ3n) is 4.78. The van der Waals surface area contributed by atoms with Gasteiger partial charge in [-0.25, -0.2) is 9.97 Å². The van der Waals surface area contributed by atoms with E-state index < -0.39 is 0 Å². The van der Waals surface area contributed by atoms with Crippen molar-refractivity contribution in [2.45, 2.75) is 46.6 Å². The minimum Gasteiger partial charge on any atom is -0.372 e. The topological polar surface area (TPSA) is 70.2 Å². The molecule has 0 atom stereocenters. The van der Waals surface area contributed by atoms with E-state index in [-0.39, 0.29) is 11.9 Å². The van der Waals surface area contributed by atoms with Crippen molar-refractivity contribution in [3.63, 3.8) is 0 Å². The summed E-state index contributed by atoms with van der Waals surface area (Å²) in [4.78, 5) is 23.6. The molecule has 1 fully saturated rings. The number of aryl methyl sites for hydroxylation is 1. The summed E-state index contributed by atoms with van der Waals surface area (Å²) in [6.07, 6.45) is 2.47. The second-order valence-electron chi connectivity index (χ2n) is 7.69. The van der Waals surface area contributed by atoms with E-state index in [2.05, 4.69) is 44.6 Å². The van der Waals surface area contributed by atoms with Crippen molar-refractivity contribution in [2.24, 2.45) is 5.92 Å². The number of benzene rings is 1. The van der Waals surface area contributed by atoms with Crippen LogP contribution >= 0.6 is 0 Å².